The summed E-state index contributed by atoms with van der Waals surface area (Å²) in [5.41, 5.74) is 6.11. The molecule has 0 radical (unpaired) electrons. The van der Waals surface area contributed by atoms with Gasteiger partial charge in [0.15, 0.2) is 5.76 Å². The van der Waals surface area contributed by atoms with Gasteiger partial charge >= 0.3 is 0 Å². The molecule has 4 aromatic rings. The molecule has 0 bridgehead atoms. The van der Waals surface area contributed by atoms with Gasteiger partial charge in [-0.25, -0.2) is 0 Å². The first kappa shape index (κ1) is 18.0. The second-order valence-corrected chi connectivity index (χ2v) is 6.96. The molecule has 0 saturated heterocycles. The Balaban J connectivity index is 1.64. The summed E-state index contributed by atoms with van der Waals surface area (Å²) in [5.74, 6) is 0.730. The maximum absolute atomic E-state index is 9.07. The lowest BCUT2D eigenvalue weighted by Crippen LogP contribution is -2.03. The molecule has 0 spiro atoms. The Hall–Kier alpha value is -3.36. The predicted octanol–water partition coefficient (Wildman–Crippen LogP) is 5.40. The minimum absolute atomic E-state index is 0.439. The summed E-state index contributed by atoms with van der Waals surface area (Å²) in [6, 6.07) is 19.4. The van der Waals surface area contributed by atoms with Crippen LogP contribution in [-0.4, -0.2) is 14.9 Å². The van der Waals surface area contributed by atoms with Gasteiger partial charge in [0.05, 0.1) is 16.3 Å². The van der Waals surface area contributed by atoms with E-state index in [9.17, 15) is 0 Å². The first-order valence-electron chi connectivity index (χ1n) is 8.82. The Bertz CT molecular complexity index is 1190. The fourth-order valence-corrected chi connectivity index (χ4v) is 3.53. The van der Waals surface area contributed by atoms with E-state index in [0.29, 0.717) is 17.1 Å². The zero-order valence-corrected chi connectivity index (χ0v) is 16.2. The number of nitrogens with zero attached hydrogens (tertiary/aromatic N) is 4. The first-order chi connectivity index (χ1) is 13.6. The van der Waals surface area contributed by atoms with Gasteiger partial charge in [0.1, 0.15) is 18.3 Å². The van der Waals surface area contributed by atoms with Crippen LogP contribution in [0, 0.1) is 25.2 Å². The number of aryl methyl sites for hydroxylation is 1. The van der Waals surface area contributed by atoms with Gasteiger partial charge < -0.3 is 4.52 Å². The van der Waals surface area contributed by atoms with Gasteiger partial charge in [-0.05, 0) is 31.5 Å². The third-order valence-corrected chi connectivity index (χ3v) is 5.01. The van der Waals surface area contributed by atoms with E-state index in [1.807, 2.05) is 67.1 Å². The molecule has 0 N–H and O–H groups in total. The quantitative estimate of drug-likeness (QED) is 0.469. The Kier molecular flexibility index (Phi) is 4.72. The first-order valence-corrected chi connectivity index (χ1v) is 9.19. The highest BCUT2D eigenvalue weighted by molar-refractivity contribution is 6.32. The van der Waals surface area contributed by atoms with Crippen molar-refractivity contribution < 1.29 is 4.52 Å². The monoisotopic (exact) mass is 388 g/mol. The number of aromatic nitrogens is 3. The second kappa shape index (κ2) is 7.34. The van der Waals surface area contributed by atoms with Gasteiger partial charge in [-0.15, -0.1) is 0 Å². The fraction of sp³-hybridized carbons (Fsp3) is 0.136. The predicted molar refractivity (Wildman–Crippen MR) is 108 cm³/mol. The van der Waals surface area contributed by atoms with E-state index < -0.39 is 0 Å². The van der Waals surface area contributed by atoms with Crippen LogP contribution in [0.5, 0.6) is 0 Å². The molecule has 0 atom stereocenters. The van der Waals surface area contributed by atoms with Crippen LogP contribution < -0.4 is 0 Å². The van der Waals surface area contributed by atoms with E-state index in [1.165, 1.54) is 0 Å². The molecule has 28 heavy (non-hydrogen) atoms. The minimum Gasteiger partial charge on any atom is -0.359 e. The summed E-state index contributed by atoms with van der Waals surface area (Å²) >= 11 is 6.21. The van der Waals surface area contributed by atoms with Crippen molar-refractivity contribution in [2.24, 2.45) is 0 Å². The molecular weight excluding hydrogens is 372 g/mol. The number of hydrogen-bond acceptors (Lipinski definition) is 4. The SMILES string of the molecule is Cc1nn(Cc2cc(-c3ccccc3)no2)c(C)c1-c1ccc(C#N)c(Cl)c1. The van der Waals surface area contributed by atoms with Gasteiger partial charge in [0.2, 0.25) is 0 Å². The summed E-state index contributed by atoms with van der Waals surface area (Å²) in [4.78, 5) is 0. The average molecular weight is 389 g/mol. The fourth-order valence-electron chi connectivity index (χ4n) is 3.31. The molecule has 0 fully saturated rings. The molecule has 4 rings (SSSR count). The maximum atomic E-state index is 9.07. The summed E-state index contributed by atoms with van der Waals surface area (Å²) in [7, 11) is 0. The molecule has 0 aliphatic rings. The molecule has 5 nitrogen and oxygen atoms in total. The lowest BCUT2D eigenvalue weighted by atomic mass is 10.0. The van der Waals surface area contributed by atoms with Gasteiger partial charge in [-0.3, -0.25) is 4.68 Å². The molecule has 0 amide bonds. The Morgan fingerprint density at radius 1 is 1.07 bits per heavy atom. The van der Waals surface area contributed by atoms with Crippen LogP contribution >= 0.6 is 11.6 Å². The van der Waals surface area contributed by atoms with Crippen LogP contribution in [0.1, 0.15) is 22.7 Å². The van der Waals surface area contributed by atoms with Gasteiger partial charge in [-0.2, -0.15) is 10.4 Å². The van der Waals surface area contributed by atoms with Crippen LogP contribution in [-0.2, 0) is 6.54 Å². The van der Waals surface area contributed by atoms with Crippen molar-refractivity contribution in [3.63, 3.8) is 0 Å². The van der Waals surface area contributed by atoms with Crippen molar-refractivity contribution in [3.8, 4) is 28.5 Å². The van der Waals surface area contributed by atoms with Gasteiger partial charge in [-0.1, -0.05) is 53.2 Å². The molecule has 6 heteroatoms. The van der Waals surface area contributed by atoms with E-state index >= 15 is 0 Å². The summed E-state index contributed by atoms with van der Waals surface area (Å²) < 4.78 is 7.41. The highest BCUT2D eigenvalue weighted by Gasteiger charge is 2.16. The van der Waals surface area contributed by atoms with E-state index in [2.05, 4.69) is 16.3 Å². The highest BCUT2D eigenvalue weighted by atomic mass is 35.5. The molecule has 2 aromatic carbocycles. The van der Waals surface area contributed by atoms with Crippen molar-refractivity contribution in [2.75, 3.05) is 0 Å². The number of rotatable bonds is 4. The van der Waals surface area contributed by atoms with Crippen molar-refractivity contribution in [1.29, 1.82) is 5.26 Å². The molecule has 0 aliphatic carbocycles. The van der Waals surface area contributed by atoms with Crippen LogP contribution in [0.2, 0.25) is 5.02 Å². The molecule has 2 heterocycles. The van der Waals surface area contributed by atoms with Gasteiger partial charge in [0.25, 0.3) is 0 Å². The van der Waals surface area contributed by atoms with Crippen LogP contribution in [0.15, 0.2) is 59.1 Å². The normalized spacial score (nSPS) is 10.8. The third kappa shape index (κ3) is 3.30. The van der Waals surface area contributed by atoms with E-state index in [4.69, 9.17) is 21.4 Å². The highest BCUT2D eigenvalue weighted by Crippen LogP contribution is 2.31. The smallest absolute Gasteiger partial charge is 0.158 e. The van der Waals surface area contributed by atoms with E-state index in [0.717, 1.165) is 39.5 Å². The zero-order valence-electron chi connectivity index (χ0n) is 15.5. The number of halogens is 1. The van der Waals surface area contributed by atoms with Crippen molar-refractivity contribution >= 4 is 11.6 Å². The van der Waals surface area contributed by atoms with Crippen molar-refractivity contribution in [3.05, 3.63) is 82.3 Å². The second-order valence-electron chi connectivity index (χ2n) is 6.55. The summed E-state index contributed by atoms with van der Waals surface area (Å²) in [6.07, 6.45) is 0. The zero-order chi connectivity index (χ0) is 19.7. The van der Waals surface area contributed by atoms with E-state index in [-0.39, 0.29) is 0 Å². The molecule has 0 unspecified atom stereocenters. The largest absolute Gasteiger partial charge is 0.359 e. The Labute approximate surface area is 167 Å². The van der Waals surface area contributed by atoms with Crippen LogP contribution in [0.3, 0.4) is 0 Å². The Morgan fingerprint density at radius 3 is 2.57 bits per heavy atom. The minimum atomic E-state index is 0.439. The average Bonchev–Trinajstić information content (AvgIpc) is 3.27. The Morgan fingerprint density at radius 2 is 1.86 bits per heavy atom. The molecule has 2 aromatic heterocycles. The molecule has 138 valence electrons. The third-order valence-electron chi connectivity index (χ3n) is 4.69. The maximum Gasteiger partial charge on any atom is 0.158 e. The summed E-state index contributed by atoms with van der Waals surface area (Å²) in [6.45, 7) is 4.45. The summed E-state index contributed by atoms with van der Waals surface area (Å²) in [5, 5.41) is 18.3. The number of benzene rings is 2. The van der Waals surface area contributed by atoms with Crippen LogP contribution in [0.4, 0.5) is 0 Å². The van der Waals surface area contributed by atoms with Crippen LogP contribution in [0.25, 0.3) is 22.4 Å². The standard InChI is InChI=1S/C22H17ClN4O/c1-14-22(17-8-9-18(12-24)20(23)10-17)15(2)27(25-14)13-19-11-21(26-28-19)16-6-4-3-5-7-16/h3-11H,13H2,1-2H3. The molecular formula is C22H17ClN4O. The number of nitriles is 1. The molecule has 0 saturated carbocycles. The van der Waals surface area contributed by atoms with Crippen molar-refractivity contribution in [1.82, 2.24) is 14.9 Å². The number of hydrogen-bond donors (Lipinski definition) is 0. The lowest BCUT2D eigenvalue weighted by Gasteiger charge is -2.05. The lowest BCUT2D eigenvalue weighted by molar-refractivity contribution is 0.372. The molecule has 0 aliphatic heterocycles. The van der Waals surface area contributed by atoms with Crippen molar-refractivity contribution in [2.45, 2.75) is 20.4 Å². The van der Waals surface area contributed by atoms with E-state index in [1.54, 1.807) is 6.07 Å². The van der Waals surface area contributed by atoms with Gasteiger partial charge in [0, 0.05) is 22.9 Å². The topological polar surface area (TPSA) is 67.6 Å².